The molecule has 0 saturated carbocycles. The molecule has 3 saturated heterocycles. The van der Waals surface area contributed by atoms with Crippen LogP contribution in [0.4, 0.5) is 0 Å². The van der Waals surface area contributed by atoms with Gasteiger partial charge in [0.25, 0.3) is 0 Å². The summed E-state index contributed by atoms with van der Waals surface area (Å²) in [6, 6.07) is -2.04. The molecule has 0 aromatic rings. The van der Waals surface area contributed by atoms with Crippen molar-refractivity contribution in [3.8, 4) is 0 Å². The van der Waals surface area contributed by atoms with E-state index < -0.39 is 104 Å². The number of carbonyl (C=O) groups excluding carboxylic acids is 9. The molecular formula is C63H113N9O23. The minimum atomic E-state index is -1.44. The number of aliphatic hydroxyl groups is 7. The van der Waals surface area contributed by atoms with Crippen molar-refractivity contribution in [1.29, 1.82) is 0 Å². The van der Waals surface area contributed by atoms with Gasteiger partial charge in [-0.05, 0) is 64.2 Å². The van der Waals surface area contributed by atoms with E-state index in [-0.39, 0.29) is 159 Å². The van der Waals surface area contributed by atoms with Crippen molar-refractivity contribution in [3.63, 3.8) is 0 Å². The Morgan fingerprint density at radius 2 is 0.863 bits per heavy atom. The molecular weight excluding hydrogens is 1250 g/mol. The fourth-order valence-corrected chi connectivity index (χ4v) is 11.1. The molecule has 3 aliphatic heterocycles. The van der Waals surface area contributed by atoms with Crippen molar-refractivity contribution < 1.29 is 112 Å². The Balaban J connectivity index is 1.44. The third-order valence-corrected chi connectivity index (χ3v) is 16.4. The molecule has 3 heterocycles. The van der Waals surface area contributed by atoms with Crippen LogP contribution in [0.1, 0.15) is 168 Å². The molecule has 32 nitrogen and oxygen atoms in total. The Labute approximate surface area is 557 Å². The van der Waals surface area contributed by atoms with Crippen LogP contribution in [0, 0.1) is 0 Å². The van der Waals surface area contributed by atoms with Gasteiger partial charge in [0.15, 0.2) is 12.6 Å². The number of carbonyl (C=O) groups is 9. The average molecular weight is 1360 g/mol. The topological polar surface area (TPSA) is 473 Å². The van der Waals surface area contributed by atoms with Gasteiger partial charge in [0.2, 0.25) is 53.2 Å². The van der Waals surface area contributed by atoms with Crippen LogP contribution < -0.4 is 43.0 Å². The molecule has 16 N–H and O–H groups in total. The zero-order valence-corrected chi connectivity index (χ0v) is 56.0. The van der Waals surface area contributed by atoms with Crippen LogP contribution in [0.25, 0.3) is 0 Å². The van der Waals surface area contributed by atoms with E-state index in [0.29, 0.717) is 64.3 Å². The summed E-state index contributed by atoms with van der Waals surface area (Å²) in [6.07, 6.45) is 0.980. The second-order valence-corrected chi connectivity index (χ2v) is 24.7. The highest BCUT2D eigenvalue weighted by Gasteiger charge is 2.47. The largest absolute Gasteiger partial charge is 0.394 e. The van der Waals surface area contributed by atoms with Crippen LogP contribution >= 0.6 is 0 Å². The molecule has 0 radical (unpaired) electrons. The van der Waals surface area contributed by atoms with E-state index in [0.717, 1.165) is 51.4 Å². The standard InChI is InChI=1S/C63H113N9O23/c1-4-44-35-45(77)36-72(44)54(84)22-12-10-8-6-5-7-9-11-21-53(83)71-63(39-89-32-23-48(64)78,40-90-33-24-51(81)67-28-17-26-65-49(79)19-13-15-30-92-61-55(69-42(2)75)59(87)57(85)46(37-73)94-61)41-91-34-25-52(82)68-29-18-27-66-50(80)20-14-16-31-93-62-56(70-43(3)76)60(88)58(86)47(38-74)95-62/h44-47,55-62,73-74,77,85-88H,4-41H2,1-3H3,(H2,64,78)(H,65,79)(H,66,80)(H,67,81)(H,68,82)(H,69,75)(H,70,76)(H,71,83)/t44-,45-,46?,47?,55?,56?,57?,58?,59?,60?,61?,62?,63?/m1/s1. The van der Waals surface area contributed by atoms with Crippen molar-refractivity contribution in [3.05, 3.63) is 0 Å². The third-order valence-electron chi connectivity index (χ3n) is 16.4. The number of primary amides is 1. The maximum Gasteiger partial charge on any atom is 0.222 e. The lowest BCUT2D eigenvalue weighted by molar-refractivity contribution is -0.270. The molecule has 0 aliphatic carbocycles. The van der Waals surface area contributed by atoms with Crippen LogP contribution in [-0.4, -0.2) is 272 Å². The Kier molecular flexibility index (Phi) is 42.7. The van der Waals surface area contributed by atoms with Crippen molar-refractivity contribution in [2.75, 3.05) is 98.8 Å². The van der Waals surface area contributed by atoms with Gasteiger partial charge in [-0.3, -0.25) is 43.2 Å². The molecule has 548 valence electrons. The fraction of sp³-hybridized carbons (Fsp3) is 0.857. The molecule has 0 bridgehead atoms. The monoisotopic (exact) mass is 1360 g/mol. The molecule has 95 heavy (non-hydrogen) atoms. The highest BCUT2D eigenvalue weighted by Crippen LogP contribution is 2.26. The number of likely N-dealkylation sites (tertiary alicyclic amines) is 1. The number of unbranched alkanes of at least 4 members (excludes halogenated alkanes) is 9. The number of nitrogens with zero attached hydrogens (tertiary/aromatic N) is 1. The van der Waals surface area contributed by atoms with Gasteiger partial charge >= 0.3 is 0 Å². The first-order valence-corrected chi connectivity index (χ1v) is 33.9. The van der Waals surface area contributed by atoms with E-state index in [4.69, 9.17) is 38.9 Å². The predicted molar refractivity (Wildman–Crippen MR) is 341 cm³/mol. The Morgan fingerprint density at radius 1 is 0.484 bits per heavy atom. The first kappa shape index (κ1) is 83.9. The molecule has 0 aromatic heterocycles. The van der Waals surface area contributed by atoms with Crippen molar-refractivity contribution >= 4 is 53.2 Å². The number of nitrogens with one attached hydrogen (secondary N) is 7. The summed E-state index contributed by atoms with van der Waals surface area (Å²) in [4.78, 5) is 114. The smallest absolute Gasteiger partial charge is 0.222 e. The lowest BCUT2D eigenvalue weighted by Crippen LogP contribution is -2.64. The Bertz CT molecular complexity index is 2160. The average Bonchev–Trinajstić information content (AvgIpc) is 1.57. The summed E-state index contributed by atoms with van der Waals surface area (Å²) in [6.45, 7) is 4.24. The Hall–Kier alpha value is -5.33. The van der Waals surface area contributed by atoms with E-state index in [1.165, 1.54) is 13.8 Å². The van der Waals surface area contributed by atoms with E-state index in [2.05, 4.69) is 37.2 Å². The summed E-state index contributed by atoms with van der Waals surface area (Å²) in [7, 11) is 0. The van der Waals surface area contributed by atoms with E-state index in [1.807, 2.05) is 11.8 Å². The van der Waals surface area contributed by atoms with Crippen LogP contribution in [0.2, 0.25) is 0 Å². The minimum absolute atomic E-state index is 0.0615. The quantitative estimate of drug-likeness (QED) is 0.0276. The molecule has 3 fully saturated rings. The number of nitrogens with two attached hydrogens (primary N) is 1. The lowest BCUT2D eigenvalue weighted by atomic mass is 9.97. The SMILES string of the molecule is CC[C@@H]1C[C@@H](O)CN1C(=O)CCCCCCCCCCC(=O)NC(COCCC(N)=O)(COCCC(=O)NCCCNC(=O)CCCCOC1OC(CO)C(O)C(O)C1NC(C)=O)COCCC(=O)NCCCNC(=O)CCCCOC1OC(CO)C(O)C(O)C1NC(C)=O. The normalized spacial score (nSPS) is 24.0. The number of rotatable bonds is 52. The second kappa shape index (κ2) is 48.4. The van der Waals surface area contributed by atoms with Gasteiger partial charge in [0.1, 0.15) is 54.2 Å². The first-order chi connectivity index (χ1) is 45.5. The molecule has 9 amide bonds. The van der Waals surface area contributed by atoms with Gasteiger partial charge in [-0.2, -0.15) is 0 Å². The van der Waals surface area contributed by atoms with Crippen molar-refractivity contribution in [2.45, 2.75) is 247 Å². The van der Waals surface area contributed by atoms with Crippen molar-refractivity contribution in [2.24, 2.45) is 5.73 Å². The minimum Gasteiger partial charge on any atom is -0.394 e. The summed E-state index contributed by atoms with van der Waals surface area (Å²) in [5.41, 5.74) is 4.05. The molecule has 10 unspecified atom stereocenters. The summed E-state index contributed by atoms with van der Waals surface area (Å²) in [5.74, 6) is -2.90. The zero-order valence-electron chi connectivity index (χ0n) is 56.0. The number of aliphatic hydroxyl groups excluding tert-OH is 7. The van der Waals surface area contributed by atoms with Gasteiger partial charge in [-0.1, -0.05) is 45.4 Å². The molecule has 32 heteroatoms. The van der Waals surface area contributed by atoms with Gasteiger partial charge in [0, 0.05) is 111 Å². The van der Waals surface area contributed by atoms with E-state index in [9.17, 15) is 78.9 Å². The van der Waals surface area contributed by atoms with Gasteiger partial charge < -0.3 is 117 Å². The lowest BCUT2D eigenvalue weighted by Gasteiger charge is -2.42. The van der Waals surface area contributed by atoms with Crippen LogP contribution in [0.3, 0.4) is 0 Å². The number of amides is 9. The Morgan fingerprint density at radius 3 is 1.26 bits per heavy atom. The predicted octanol–water partition coefficient (Wildman–Crippen LogP) is -2.67. The van der Waals surface area contributed by atoms with Crippen molar-refractivity contribution in [1.82, 2.24) is 42.1 Å². The number of hydrogen-bond acceptors (Lipinski definition) is 23. The maximum absolute atomic E-state index is 13.7. The number of ether oxygens (including phenoxy) is 7. The first-order valence-electron chi connectivity index (χ1n) is 33.9. The highest BCUT2D eigenvalue weighted by molar-refractivity contribution is 5.79. The number of β-amino-alcohol motifs (C(OH)–C–C–N with tert-alkyl or cyclic N) is 1. The molecule has 0 spiro atoms. The second-order valence-electron chi connectivity index (χ2n) is 24.7. The molecule has 3 rings (SSSR count). The molecule has 0 aromatic carbocycles. The van der Waals surface area contributed by atoms with Crippen LogP contribution in [-0.2, 0) is 76.3 Å². The van der Waals surface area contributed by atoms with Gasteiger partial charge in [-0.15, -0.1) is 0 Å². The fourth-order valence-electron chi connectivity index (χ4n) is 11.1. The van der Waals surface area contributed by atoms with Crippen LogP contribution in [0.5, 0.6) is 0 Å². The maximum atomic E-state index is 13.7. The number of hydrogen-bond donors (Lipinski definition) is 15. The van der Waals surface area contributed by atoms with Crippen LogP contribution in [0.15, 0.2) is 0 Å². The summed E-state index contributed by atoms with van der Waals surface area (Å²) >= 11 is 0. The van der Waals surface area contributed by atoms with E-state index in [1.54, 1.807) is 0 Å². The zero-order chi connectivity index (χ0) is 70.0. The molecule has 12 atom stereocenters. The third kappa shape index (κ3) is 34.6. The molecule has 3 aliphatic rings. The van der Waals surface area contributed by atoms with Gasteiger partial charge in [0.05, 0.1) is 59.0 Å². The highest BCUT2D eigenvalue weighted by atomic mass is 16.7. The van der Waals surface area contributed by atoms with E-state index >= 15 is 0 Å². The summed E-state index contributed by atoms with van der Waals surface area (Å²) in [5, 5.41) is 89.6. The van der Waals surface area contributed by atoms with Gasteiger partial charge in [-0.25, -0.2) is 0 Å². The summed E-state index contributed by atoms with van der Waals surface area (Å²) < 4.78 is 40.4.